The van der Waals surface area contributed by atoms with Crippen LogP contribution in [0.15, 0.2) is 122 Å². The first-order valence-corrected chi connectivity index (χ1v) is 26.6. The van der Waals surface area contributed by atoms with Gasteiger partial charge in [0.15, 0.2) is 6.10 Å². The van der Waals surface area contributed by atoms with Crippen LogP contribution in [0.1, 0.15) is 220 Å². The Morgan fingerprint density at radius 1 is 0.333 bits per heavy atom. The summed E-state index contributed by atoms with van der Waals surface area (Å²) >= 11 is 0. The molecule has 0 rings (SSSR count). The Kier molecular flexibility index (Phi) is 50.0. The fraction of sp³-hybridized carbons (Fsp3) is 0.617. The third-order valence-electron chi connectivity index (χ3n) is 10.8. The van der Waals surface area contributed by atoms with Crippen molar-refractivity contribution in [3.63, 3.8) is 0 Å². The average Bonchev–Trinajstić information content (AvgIpc) is 3.31. The molecule has 0 saturated heterocycles. The minimum Gasteiger partial charge on any atom is -0.462 e. The Balaban J connectivity index is 4.56. The SMILES string of the molecule is CC/C=C\C/C=C\C/C=C\C/C=C\C/C=C\CCC(=O)OC(COC(=O)CCCCCCC\C=C/C=C\C=C/CCCCCCC)COC(=O)CCCCCCCCC/C=C\C/C=C\CC. The molecule has 0 fully saturated rings. The lowest BCUT2D eigenvalue weighted by Crippen LogP contribution is -2.30. The molecule has 0 heterocycles. The Morgan fingerprint density at radius 2 is 0.682 bits per heavy atom. The van der Waals surface area contributed by atoms with Gasteiger partial charge in [-0.25, -0.2) is 0 Å². The van der Waals surface area contributed by atoms with Crippen LogP contribution < -0.4 is 0 Å². The van der Waals surface area contributed by atoms with Gasteiger partial charge in [0.05, 0.1) is 0 Å². The summed E-state index contributed by atoms with van der Waals surface area (Å²) in [5.41, 5.74) is 0. The van der Waals surface area contributed by atoms with Gasteiger partial charge in [0.1, 0.15) is 13.2 Å². The third kappa shape index (κ3) is 50.8. The average molecular weight is 913 g/mol. The van der Waals surface area contributed by atoms with Gasteiger partial charge in [-0.2, -0.15) is 0 Å². The quantitative estimate of drug-likeness (QED) is 0.0199. The maximum Gasteiger partial charge on any atom is 0.306 e. The standard InChI is InChI=1S/C60H96O6/c1-4-7-10-13-16-19-22-25-28-30-31-33-35-38-41-44-47-50-53-59(62)65-56-57(55-64-58(61)52-49-46-43-40-37-34-27-24-21-18-15-12-9-6-3)66-60(63)54-51-48-45-42-39-36-32-29-26-23-20-17-14-11-8-5-2/h8-9,11-12,17-18,20-22,25-26,28-31,33,36,39,45,48,57H,4-7,10,13-16,19,23-24,27,32,34-35,37-38,40-44,46-47,49-56H2,1-3H3/b11-8-,12-9-,20-17-,21-18-,25-22-,29-26-,30-28-,33-31-,39-36-,48-45-. The number of carbonyl (C=O) groups excluding carboxylic acids is 3. The van der Waals surface area contributed by atoms with Gasteiger partial charge in [-0.15, -0.1) is 0 Å². The van der Waals surface area contributed by atoms with Crippen LogP contribution in [0.5, 0.6) is 0 Å². The van der Waals surface area contributed by atoms with Crippen LogP contribution in [0.3, 0.4) is 0 Å². The summed E-state index contributed by atoms with van der Waals surface area (Å²) in [6.45, 7) is 6.30. The smallest absolute Gasteiger partial charge is 0.306 e. The van der Waals surface area contributed by atoms with Crippen molar-refractivity contribution in [2.45, 2.75) is 226 Å². The molecule has 0 aliphatic carbocycles. The molecular weight excluding hydrogens is 817 g/mol. The number of hydrogen-bond donors (Lipinski definition) is 0. The van der Waals surface area contributed by atoms with E-state index in [1.165, 1.54) is 57.8 Å². The molecule has 0 aromatic heterocycles. The summed E-state index contributed by atoms with van der Waals surface area (Å²) in [5.74, 6) is -1.04. The van der Waals surface area contributed by atoms with Crippen molar-refractivity contribution in [1.82, 2.24) is 0 Å². The van der Waals surface area contributed by atoms with Crippen LogP contribution in [-0.2, 0) is 28.6 Å². The molecule has 372 valence electrons. The van der Waals surface area contributed by atoms with Gasteiger partial charge >= 0.3 is 17.9 Å². The van der Waals surface area contributed by atoms with E-state index in [4.69, 9.17) is 14.2 Å². The number of hydrogen-bond acceptors (Lipinski definition) is 6. The van der Waals surface area contributed by atoms with Crippen LogP contribution in [0.2, 0.25) is 0 Å². The van der Waals surface area contributed by atoms with E-state index in [0.717, 1.165) is 116 Å². The van der Waals surface area contributed by atoms with Crippen molar-refractivity contribution in [2.75, 3.05) is 13.2 Å². The highest BCUT2D eigenvalue weighted by molar-refractivity contribution is 5.71. The maximum atomic E-state index is 12.8. The van der Waals surface area contributed by atoms with Gasteiger partial charge in [-0.1, -0.05) is 219 Å². The predicted octanol–water partition coefficient (Wildman–Crippen LogP) is 17.7. The minimum absolute atomic E-state index is 0.122. The lowest BCUT2D eigenvalue weighted by Gasteiger charge is -2.18. The molecule has 0 aliphatic heterocycles. The summed E-state index contributed by atoms with van der Waals surface area (Å²) < 4.78 is 16.7. The van der Waals surface area contributed by atoms with Crippen LogP contribution >= 0.6 is 0 Å². The second kappa shape index (κ2) is 53.4. The van der Waals surface area contributed by atoms with E-state index < -0.39 is 12.1 Å². The zero-order valence-electron chi connectivity index (χ0n) is 42.4. The molecule has 0 bridgehead atoms. The Bertz CT molecular complexity index is 1420. The second-order valence-corrected chi connectivity index (χ2v) is 17.1. The van der Waals surface area contributed by atoms with Crippen LogP contribution in [0, 0.1) is 0 Å². The minimum atomic E-state index is -0.833. The number of carbonyl (C=O) groups is 3. The van der Waals surface area contributed by atoms with E-state index in [-0.39, 0.29) is 31.6 Å². The number of esters is 3. The molecule has 0 spiro atoms. The fourth-order valence-corrected chi connectivity index (χ4v) is 6.82. The molecule has 0 aliphatic rings. The lowest BCUT2D eigenvalue weighted by atomic mass is 10.1. The highest BCUT2D eigenvalue weighted by Gasteiger charge is 2.19. The van der Waals surface area contributed by atoms with Gasteiger partial charge in [0.2, 0.25) is 0 Å². The number of ether oxygens (including phenoxy) is 3. The van der Waals surface area contributed by atoms with Crippen molar-refractivity contribution < 1.29 is 28.6 Å². The predicted molar refractivity (Wildman–Crippen MR) is 283 cm³/mol. The zero-order valence-corrected chi connectivity index (χ0v) is 42.4. The van der Waals surface area contributed by atoms with Gasteiger partial charge in [-0.05, 0) is 103 Å². The van der Waals surface area contributed by atoms with Gasteiger partial charge in [0, 0.05) is 19.3 Å². The van der Waals surface area contributed by atoms with Crippen LogP contribution in [0.25, 0.3) is 0 Å². The normalized spacial score (nSPS) is 13.1. The van der Waals surface area contributed by atoms with Gasteiger partial charge in [0.25, 0.3) is 0 Å². The third-order valence-corrected chi connectivity index (χ3v) is 10.8. The van der Waals surface area contributed by atoms with Gasteiger partial charge in [-0.3, -0.25) is 14.4 Å². The first-order valence-electron chi connectivity index (χ1n) is 26.6. The molecule has 6 nitrogen and oxygen atoms in total. The summed E-state index contributed by atoms with van der Waals surface area (Å²) in [4.78, 5) is 38.0. The van der Waals surface area contributed by atoms with E-state index in [1.54, 1.807) is 0 Å². The van der Waals surface area contributed by atoms with Crippen LogP contribution in [-0.4, -0.2) is 37.2 Å². The molecule has 1 atom stereocenters. The van der Waals surface area contributed by atoms with Gasteiger partial charge < -0.3 is 14.2 Å². The maximum absolute atomic E-state index is 12.8. The van der Waals surface area contributed by atoms with E-state index in [9.17, 15) is 14.4 Å². The van der Waals surface area contributed by atoms with Crippen LogP contribution in [0.4, 0.5) is 0 Å². The molecule has 66 heavy (non-hydrogen) atoms. The Hall–Kier alpha value is -4.19. The molecule has 0 N–H and O–H groups in total. The molecule has 0 radical (unpaired) electrons. The molecule has 0 aromatic carbocycles. The Morgan fingerprint density at radius 3 is 1.11 bits per heavy atom. The van der Waals surface area contributed by atoms with E-state index in [2.05, 4.69) is 130 Å². The second-order valence-electron chi connectivity index (χ2n) is 17.1. The van der Waals surface area contributed by atoms with Crippen molar-refractivity contribution >= 4 is 17.9 Å². The summed E-state index contributed by atoms with van der Waals surface area (Å²) in [6.07, 6.45) is 73.3. The molecule has 0 amide bonds. The first kappa shape index (κ1) is 61.8. The molecular formula is C60H96O6. The number of allylic oxidation sites excluding steroid dienone is 20. The molecule has 0 aromatic rings. The molecule has 6 heteroatoms. The van der Waals surface area contributed by atoms with E-state index >= 15 is 0 Å². The number of rotatable bonds is 46. The monoisotopic (exact) mass is 913 g/mol. The van der Waals surface area contributed by atoms with Crippen molar-refractivity contribution in [1.29, 1.82) is 0 Å². The topological polar surface area (TPSA) is 78.9 Å². The largest absolute Gasteiger partial charge is 0.462 e. The lowest BCUT2D eigenvalue weighted by molar-refractivity contribution is -0.166. The highest BCUT2D eigenvalue weighted by Crippen LogP contribution is 2.13. The van der Waals surface area contributed by atoms with Crippen molar-refractivity contribution in [3.8, 4) is 0 Å². The molecule has 0 saturated carbocycles. The summed E-state index contributed by atoms with van der Waals surface area (Å²) in [5, 5.41) is 0. The van der Waals surface area contributed by atoms with E-state index in [0.29, 0.717) is 19.3 Å². The van der Waals surface area contributed by atoms with Crippen molar-refractivity contribution in [3.05, 3.63) is 122 Å². The zero-order chi connectivity index (χ0) is 47.9. The number of unbranched alkanes of at least 4 members (excludes halogenated alkanes) is 17. The van der Waals surface area contributed by atoms with E-state index in [1.807, 2.05) is 12.2 Å². The first-order chi connectivity index (χ1) is 32.5. The summed E-state index contributed by atoms with van der Waals surface area (Å²) in [7, 11) is 0. The summed E-state index contributed by atoms with van der Waals surface area (Å²) in [6, 6.07) is 0. The highest BCUT2D eigenvalue weighted by atomic mass is 16.6. The van der Waals surface area contributed by atoms with Crippen molar-refractivity contribution in [2.24, 2.45) is 0 Å². The Labute approximate surface area is 405 Å². The molecule has 1 unspecified atom stereocenters. The fourth-order valence-electron chi connectivity index (χ4n) is 6.82.